The largest absolute Gasteiger partial charge is 0.265 e. The summed E-state index contributed by atoms with van der Waals surface area (Å²) in [6.07, 6.45) is 5.02. The molecule has 0 bridgehead atoms. The maximum atomic E-state index is 12.1. The van der Waals surface area contributed by atoms with E-state index in [0.29, 0.717) is 25.9 Å². The fourth-order valence-corrected chi connectivity index (χ4v) is 3.91. The molecule has 0 spiro atoms. The van der Waals surface area contributed by atoms with E-state index in [9.17, 15) is 8.42 Å². The van der Waals surface area contributed by atoms with Crippen LogP contribution in [0.15, 0.2) is 24.5 Å². The molecule has 0 saturated carbocycles. The highest BCUT2D eigenvalue weighted by Gasteiger charge is 2.31. The molecule has 6 heteroatoms. The number of pyridine rings is 1. The standard InChI is InChI=1S/C13H17N3O2S/c14-6-1-2-10-19(17,18)16-9-5-13(11-16)12-3-7-15-8-4-12/h3-4,7-8,13H,1-2,5,9-11H2. The number of hydrogen-bond donors (Lipinski definition) is 0. The summed E-state index contributed by atoms with van der Waals surface area (Å²) in [5.41, 5.74) is 1.14. The summed E-state index contributed by atoms with van der Waals surface area (Å²) in [6.45, 7) is 1.11. The normalized spacial score (nSPS) is 20.3. The van der Waals surface area contributed by atoms with Gasteiger partial charge in [0.15, 0.2) is 0 Å². The predicted octanol–water partition coefficient (Wildman–Crippen LogP) is 1.50. The minimum atomic E-state index is -3.21. The summed E-state index contributed by atoms with van der Waals surface area (Å²) < 4.78 is 25.7. The van der Waals surface area contributed by atoms with Crippen molar-refractivity contribution < 1.29 is 8.42 Å². The van der Waals surface area contributed by atoms with Crippen LogP contribution >= 0.6 is 0 Å². The fraction of sp³-hybridized carbons (Fsp3) is 0.538. The van der Waals surface area contributed by atoms with Crippen LogP contribution in [0.25, 0.3) is 0 Å². The van der Waals surface area contributed by atoms with Crippen molar-refractivity contribution in [3.63, 3.8) is 0 Å². The number of nitrogens with zero attached hydrogens (tertiary/aromatic N) is 3. The average Bonchev–Trinajstić information content (AvgIpc) is 2.90. The molecule has 1 saturated heterocycles. The van der Waals surface area contributed by atoms with E-state index in [1.807, 2.05) is 18.2 Å². The first-order valence-electron chi connectivity index (χ1n) is 6.38. The lowest BCUT2D eigenvalue weighted by Crippen LogP contribution is -2.30. The quantitative estimate of drug-likeness (QED) is 0.766. The van der Waals surface area contributed by atoms with Gasteiger partial charge in [-0.3, -0.25) is 4.98 Å². The van der Waals surface area contributed by atoms with E-state index in [1.54, 1.807) is 16.7 Å². The topological polar surface area (TPSA) is 74.1 Å². The minimum Gasteiger partial charge on any atom is -0.265 e. The third kappa shape index (κ3) is 3.52. The van der Waals surface area contributed by atoms with Crippen LogP contribution < -0.4 is 0 Å². The van der Waals surface area contributed by atoms with Gasteiger partial charge in [0.05, 0.1) is 11.8 Å². The van der Waals surface area contributed by atoms with Crippen molar-refractivity contribution in [3.05, 3.63) is 30.1 Å². The highest BCUT2D eigenvalue weighted by molar-refractivity contribution is 7.89. The van der Waals surface area contributed by atoms with Crippen LogP contribution in [0, 0.1) is 11.3 Å². The third-order valence-electron chi connectivity index (χ3n) is 3.41. The summed E-state index contributed by atoms with van der Waals surface area (Å²) in [4.78, 5) is 3.97. The summed E-state index contributed by atoms with van der Waals surface area (Å²) in [7, 11) is -3.21. The fourth-order valence-electron chi connectivity index (χ4n) is 2.35. The number of hydrogen-bond acceptors (Lipinski definition) is 4. The van der Waals surface area contributed by atoms with Gasteiger partial charge in [-0.1, -0.05) is 0 Å². The molecule has 0 N–H and O–H groups in total. The first-order valence-corrected chi connectivity index (χ1v) is 7.99. The van der Waals surface area contributed by atoms with Crippen LogP contribution in [-0.2, 0) is 10.0 Å². The van der Waals surface area contributed by atoms with Gasteiger partial charge in [0.25, 0.3) is 0 Å². The molecule has 2 rings (SSSR count). The third-order valence-corrected chi connectivity index (χ3v) is 5.34. The van der Waals surface area contributed by atoms with E-state index in [-0.39, 0.29) is 11.7 Å². The highest BCUT2D eigenvalue weighted by Crippen LogP contribution is 2.28. The first-order chi connectivity index (χ1) is 9.13. The predicted molar refractivity (Wildman–Crippen MR) is 71.8 cm³/mol. The van der Waals surface area contributed by atoms with Gasteiger partial charge in [-0.25, -0.2) is 12.7 Å². The van der Waals surface area contributed by atoms with Crippen molar-refractivity contribution in [2.45, 2.75) is 25.2 Å². The van der Waals surface area contributed by atoms with E-state index in [2.05, 4.69) is 4.98 Å². The Morgan fingerprint density at radius 3 is 2.84 bits per heavy atom. The molecule has 1 atom stereocenters. The number of unbranched alkanes of at least 4 members (excludes halogenated alkanes) is 1. The first kappa shape index (κ1) is 14.0. The van der Waals surface area contributed by atoms with E-state index in [1.165, 1.54) is 0 Å². The molecule has 1 aliphatic rings. The van der Waals surface area contributed by atoms with Crippen LogP contribution in [0.5, 0.6) is 0 Å². The van der Waals surface area contributed by atoms with Gasteiger partial charge in [0, 0.05) is 31.9 Å². The van der Waals surface area contributed by atoms with Crippen molar-refractivity contribution in [1.29, 1.82) is 5.26 Å². The summed E-state index contributed by atoms with van der Waals surface area (Å²) in [5.74, 6) is 0.331. The van der Waals surface area contributed by atoms with Gasteiger partial charge >= 0.3 is 0 Å². The Morgan fingerprint density at radius 1 is 1.42 bits per heavy atom. The molecule has 0 amide bonds. The van der Waals surface area contributed by atoms with Gasteiger partial charge in [-0.2, -0.15) is 5.26 Å². The van der Waals surface area contributed by atoms with Gasteiger partial charge in [-0.15, -0.1) is 0 Å². The molecule has 0 aromatic carbocycles. The Hall–Kier alpha value is -1.45. The second-order valence-corrected chi connectivity index (χ2v) is 6.79. The van der Waals surface area contributed by atoms with Crippen LogP contribution in [-0.4, -0.2) is 36.5 Å². The summed E-state index contributed by atoms with van der Waals surface area (Å²) >= 11 is 0. The molecular weight excluding hydrogens is 262 g/mol. The van der Waals surface area contributed by atoms with Crippen molar-refractivity contribution in [1.82, 2.24) is 9.29 Å². The van der Waals surface area contributed by atoms with E-state index < -0.39 is 10.0 Å². The van der Waals surface area contributed by atoms with Crippen molar-refractivity contribution >= 4 is 10.0 Å². The maximum absolute atomic E-state index is 12.1. The maximum Gasteiger partial charge on any atom is 0.214 e. The molecule has 1 aromatic heterocycles. The molecule has 1 aliphatic heterocycles. The number of aromatic nitrogens is 1. The summed E-state index contributed by atoms with van der Waals surface area (Å²) in [6, 6.07) is 5.86. The second-order valence-electron chi connectivity index (χ2n) is 4.70. The van der Waals surface area contributed by atoms with Gasteiger partial charge < -0.3 is 0 Å². The molecule has 0 radical (unpaired) electrons. The Kier molecular flexibility index (Phi) is 4.51. The van der Waals surface area contributed by atoms with Gasteiger partial charge in [0.1, 0.15) is 0 Å². The lowest BCUT2D eigenvalue weighted by molar-refractivity contribution is 0.471. The van der Waals surface area contributed by atoms with E-state index in [4.69, 9.17) is 5.26 Å². The van der Waals surface area contributed by atoms with E-state index >= 15 is 0 Å². The van der Waals surface area contributed by atoms with Crippen molar-refractivity contribution in [2.24, 2.45) is 0 Å². The SMILES string of the molecule is N#CCCCS(=O)(=O)N1CCC(c2ccncc2)C1. The molecular formula is C13H17N3O2S. The smallest absolute Gasteiger partial charge is 0.214 e. The molecule has 19 heavy (non-hydrogen) atoms. The zero-order chi connectivity index (χ0) is 13.7. The number of nitriles is 1. The number of sulfonamides is 1. The Bertz CT molecular complexity index is 551. The lowest BCUT2D eigenvalue weighted by atomic mass is 10.0. The Morgan fingerprint density at radius 2 is 2.16 bits per heavy atom. The Balaban J connectivity index is 1.97. The summed E-state index contributed by atoms with van der Waals surface area (Å²) in [5, 5.41) is 8.45. The lowest BCUT2D eigenvalue weighted by Gasteiger charge is -2.16. The van der Waals surface area contributed by atoms with Crippen LogP contribution in [0.1, 0.15) is 30.7 Å². The van der Waals surface area contributed by atoms with Crippen LogP contribution in [0.2, 0.25) is 0 Å². The molecule has 0 aliphatic carbocycles. The van der Waals surface area contributed by atoms with Crippen LogP contribution in [0.3, 0.4) is 0 Å². The molecule has 5 nitrogen and oxygen atoms in total. The molecule has 1 fully saturated rings. The second kappa shape index (κ2) is 6.13. The van der Waals surface area contributed by atoms with Gasteiger partial charge in [-0.05, 0) is 36.5 Å². The van der Waals surface area contributed by atoms with Gasteiger partial charge in [0.2, 0.25) is 10.0 Å². The van der Waals surface area contributed by atoms with Crippen LogP contribution in [0.4, 0.5) is 0 Å². The highest BCUT2D eigenvalue weighted by atomic mass is 32.2. The van der Waals surface area contributed by atoms with Crippen molar-refractivity contribution in [3.8, 4) is 6.07 Å². The Labute approximate surface area is 113 Å². The monoisotopic (exact) mass is 279 g/mol. The van der Waals surface area contributed by atoms with Crippen molar-refractivity contribution in [2.75, 3.05) is 18.8 Å². The van der Waals surface area contributed by atoms with E-state index in [0.717, 1.165) is 12.0 Å². The zero-order valence-corrected chi connectivity index (χ0v) is 11.5. The average molecular weight is 279 g/mol. The molecule has 2 heterocycles. The molecule has 102 valence electrons. The molecule has 1 unspecified atom stereocenters. The zero-order valence-electron chi connectivity index (χ0n) is 10.7. The molecule has 1 aromatic rings. The minimum absolute atomic E-state index is 0.0730. The number of rotatable bonds is 5.